The van der Waals surface area contributed by atoms with Crippen LogP contribution in [0.2, 0.25) is 0 Å². The predicted octanol–water partition coefficient (Wildman–Crippen LogP) is 9.99. The van der Waals surface area contributed by atoms with Crippen molar-refractivity contribution in [3.8, 4) is 0 Å². The standard InChI is InChI=1S/C47H38O4/c1-45(2)50-43(46(48,39-27-11-19-31-15-3-7-23-35(31)39)40-28-12-20-32-16-4-8-24-36(32)40)44(51-45)47(49,41-29-13-21-33-17-5-9-25-37(33)41)42-30-14-22-34-18-6-10-26-38(34)42/h3-30,43-44,48-49H,1-2H3. The van der Waals surface area contributed by atoms with Crippen molar-refractivity contribution in [3.63, 3.8) is 0 Å². The zero-order valence-electron chi connectivity index (χ0n) is 28.5. The van der Waals surface area contributed by atoms with Crippen LogP contribution in [0, 0.1) is 0 Å². The monoisotopic (exact) mass is 666 g/mol. The molecule has 8 aromatic rings. The smallest absolute Gasteiger partial charge is 0.164 e. The van der Waals surface area contributed by atoms with E-state index >= 15 is 0 Å². The average molecular weight is 667 g/mol. The lowest BCUT2D eigenvalue weighted by molar-refractivity contribution is -0.172. The van der Waals surface area contributed by atoms with Crippen LogP contribution < -0.4 is 0 Å². The molecule has 0 amide bonds. The Labute approximate surface area is 297 Å². The van der Waals surface area contributed by atoms with Gasteiger partial charge >= 0.3 is 0 Å². The summed E-state index contributed by atoms with van der Waals surface area (Å²) in [5, 5.41) is 35.6. The van der Waals surface area contributed by atoms with Crippen molar-refractivity contribution in [1.29, 1.82) is 0 Å². The van der Waals surface area contributed by atoms with E-state index in [9.17, 15) is 10.2 Å². The van der Waals surface area contributed by atoms with Crippen LogP contribution in [0.1, 0.15) is 36.1 Å². The summed E-state index contributed by atoms with van der Waals surface area (Å²) >= 11 is 0. The van der Waals surface area contributed by atoms with Gasteiger partial charge in [-0.25, -0.2) is 0 Å². The quantitative estimate of drug-likeness (QED) is 0.186. The zero-order valence-corrected chi connectivity index (χ0v) is 28.5. The van der Waals surface area contributed by atoms with E-state index in [0.29, 0.717) is 22.3 Å². The largest absolute Gasteiger partial charge is 0.377 e. The van der Waals surface area contributed by atoms with Gasteiger partial charge in [0.1, 0.15) is 23.4 Å². The lowest BCUT2D eigenvalue weighted by atomic mass is 9.69. The lowest BCUT2D eigenvalue weighted by Gasteiger charge is -2.43. The molecule has 1 heterocycles. The normalized spacial score (nSPS) is 17.8. The first kappa shape index (κ1) is 31.6. The Bertz CT molecular complexity index is 2230. The highest BCUT2D eigenvalue weighted by molar-refractivity contribution is 5.93. The summed E-state index contributed by atoms with van der Waals surface area (Å²) < 4.78 is 14.0. The molecule has 0 radical (unpaired) electrons. The molecule has 1 fully saturated rings. The van der Waals surface area contributed by atoms with Gasteiger partial charge in [0.05, 0.1) is 0 Å². The molecule has 4 nitrogen and oxygen atoms in total. The highest BCUT2D eigenvalue weighted by Crippen LogP contribution is 2.53. The Hall–Kier alpha value is -5.36. The molecule has 9 rings (SSSR count). The molecule has 0 spiro atoms. The van der Waals surface area contributed by atoms with Crippen molar-refractivity contribution < 1.29 is 19.7 Å². The number of aliphatic hydroxyl groups is 2. The van der Waals surface area contributed by atoms with E-state index in [1.54, 1.807) is 0 Å². The lowest BCUT2D eigenvalue weighted by Crippen LogP contribution is -2.55. The number of fused-ring (bicyclic) bond motifs is 4. The summed E-state index contributed by atoms with van der Waals surface area (Å²) in [5.74, 6) is -1.18. The summed E-state index contributed by atoms with van der Waals surface area (Å²) in [6, 6.07) is 56.4. The summed E-state index contributed by atoms with van der Waals surface area (Å²) in [4.78, 5) is 0. The molecular weight excluding hydrogens is 629 g/mol. The van der Waals surface area contributed by atoms with E-state index in [1.165, 1.54) is 0 Å². The van der Waals surface area contributed by atoms with Crippen LogP contribution in [-0.2, 0) is 20.7 Å². The van der Waals surface area contributed by atoms with Gasteiger partial charge in [-0.15, -0.1) is 0 Å². The van der Waals surface area contributed by atoms with Crippen molar-refractivity contribution in [3.05, 3.63) is 192 Å². The maximum atomic E-state index is 14.0. The van der Waals surface area contributed by atoms with Gasteiger partial charge in [-0.1, -0.05) is 170 Å². The molecule has 250 valence electrons. The van der Waals surface area contributed by atoms with E-state index in [4.69, 9.17) is 9.47 Å². The third-order valence-electron chi connectivity index (χ3n) is 10.7. The van der Waals surface area contributed by atoms with Crippen LogP contribution in [0.5, 0.6) is 0 Å². The molecule has 0 aliphatic carbocycles. The van der Waals surface area contributed by atoms with Crippen LogP contribution in [0.4, 0.5) is 0 Å². The molecule has 0 aromatic heterocycles. The minimum absolute atomic E-state index is 0.673. The highest BCUT2D eigenvalue weighted by atomic mass is 16.8. The van der Waals surface area contributed by atoms with Gasteiger partial charge in [-0.2, -0.15) is 0 Å². The van der Waals surface area contributed by atoms with Crippen LogP contribution in [0.25, 0.3) is 43.1 Å². The molecule has 4 heteroatoms. The fourth-order valence-electron chi connectivity index (χ4n) is 8.51. The van der Waals surface area contributed by atoms with Gasteiger partial charge < -0.3 is 19.7 Å². The summed E-state index contributed by atoms with van der Waals surface area (Å²) in [6.07, 6.45) is -2.18. The SMILES string of the molecule is CC1(C)OC(C(O)(c2cccc3ccccc23)c2cccc3ccccc23)C(C(O)(c2cccc3ccccc23)c2cccc3ccccc23)O1. The first-order chi connectivity index (χ1) is 24.8. The first-order valence-electron chi connectivity index (χ1n) is 17.5. The number of hydrogen-bond acceptors (Lipinski definition) is 4. The van der Waals surface area contributed by atoms with Gasteiger partial charge in [0, 0.05) is 0 Å². The molecule has 2 N–H and O–H groups in total. The van der Waals surface area contributed by atoms with Crippen molar-refractivity contribution in [2.75, 3.05) is 0 Å². The highest BCUT2D eigenvalue weighted by Gasteiger charge is 2.62. The number of benzene rings is 8. The van der Waals surface area contributed by atoms with Gasteiger partial charge in [0.15, 0.2) is 5.79 Å². The topological polar surface area (TPSA) is 58.9 Å². The molecule has 2 unspecified atom stereocenters. The van der Waals surface area contributed by atoms with Crippen LogP contribution in [0.3, 0.4) is 0 Å². The Morgan fingerprint density at radius 2 is 0.608 bits per heavy atom. The average Bonchev–Trinajstić information content (AvgIpc) is 3.52. The molecule has 1 aliphatic rings. The second kappa shape index (κ2) is 11.9. The molecule has 0 saturated carbocycles. The third kappa shape index (κ3) is 4.90. The Morgan fingerprint density at radius 3 is 0.882 bits per heavy atom. The van der Waals surface area contributed by atoms with Crippen LogP contribution >= 0.6 is 0 Å². The summed E-state index contributed by atoms with van der Waals surface area (Å²) in [6.45, 7) is 3.72. The number of ether oxygens (including phenoxy) is 2. The minimum atomic E-state index is -1.80. The second-order valence-electron chi connectivity index (χ2n) is 14.1. The van der Waals surface area contributed by atoms with Crippen molar-refractivity contribution in [2.45, 2.75) is 43.0 Å². The summed E-state index contributed by atoms with van der Waals surface area (Å²) in [5.41, 5.74) is -0.914. The molecule has 1 saturated heterocycles. The minimum Gasteiger partial charge on any atom is -0.377 e. The maximum Gasteiger partial charge on any atom is 0.164 e. The zero-order chi connectivity index (χ0) is 34.8. The molecule has 1 aliphatic heterocycles. The second-order valence-corrected chi connectivity index (χ2v) is 14.1. The fraction of sp³-hybridized carbons (Fsp3) is 0.149. The first-order valence-corrected chi connectivity index (χ1v) is 17.5. The molecular formula is C47H38O4. The van der Waals surface area contributed by atoms with Gasteiger partial charge in [-0.3, -0.25) is 0 Å². The summed E-state index contributed by atoms with van der Waals surface area (Å²) in [7, 11) is 0. The molecule has 51 heavy (non-hydrogen) atoms. The van der Waals surface area contributed by atoms with Crippen molar-refractivity contribution >= 4 is 43.1 Å². The van der Waals surface area contributed by atoms with Gasteiger partial charge in [0.25, 0.3) is 0 Å². The predicted molar refractivity (Wildman–Crippen MR) is 206 cm³/mol. The van der Waals surface area contributed by atoms with E-state index in [2.05, 4.69) is 48.5 Å². The van der Waals surface area contributed by atoms with Crippen molar-refractivity contribution in [2.24, 2.45) is 0 Å². The fourth-order valence-corrected chi connectivity index (χ4v) is 8.51. The molecule has 2 atom stereocenters. The van der Waals surface area contributed by atoms with Crippen LogP contribution in [0.15, 0.2) is 170 Å². The van der Waals surface area contributed by atoms with E-state index in [1.807, 2.05) is 135 Å². The number of rotatable bonds is 6. The van der Waals surface area contributed by atoms with E-state index < -0.39 is 29.2 Å². The maximum absolute atomic E-state index is 14.0. The van der Waals surface area contributed by atoms with Gasteiger partial charge in [-0.05, 0) is 79.2 Å². The Balaban J connectivity index is 1.41. The van der Waals surface area contributed by atoms with Gasteiger partial charge in [0.2, 0.25) is 0 Å². The Kier molecular flexibility index (Phi) is 7.36. The van der Waals surface area contributed by atoms with Crippen molar-refractivity contribution in [1.82, 2.24) is 0 Å². The van der Waals surface area contributed by atoms with E-state index in [0.717, 1.165) is 43.1 Å². The number of hydrogen-bond donors (Lipinski definition) is 2. The molecule has 0 bridgehead atoms. The van der Waals surface area contributed by atoms with E-state index in [-0.39, 0.29) is 0 Å². The van der Waals surface area contributed by atoms with Crippen LogP contribution in [-0.4, -0.2) is 28.2 Å². The Morgan fingerprint density at radius 1 is 0.373 bits per heavy atom. The molecule has 8 aromatic carbocycles. The third-order valence-corrected chi connectivity index (χ3v) is 10.7.